The zero-order valence-electron chi connectivity index (χ0n) is 11.7. The van der Waals surface area contributed by atoms with Crippen molar-refractivity contribution in [2.75, 3.05) is 27.3 Å². The van der Waals surface area contributed by atoms with E-state index in [0.717, 1.165) is 18.7 Å². The standard InChI is InChI=1S/C14H20N2O3/c1-10-7-12(8-13(15-10)14(17)18-3)19-9-11-5-4-6-16(11)2/h7-8,11H,4-6,9H2,1-3H3. The van der Waals surface area contributed by atoms with Gasteiger partial charge in [-0.3, -0.25) is 0 Å². The highest BCUT2D eigenvalue weighted by Gasteiger charge is 2.21. The molecule has 0 spiro atoms. The monoisotopic (exact) mass is 264 g/mol. The van der Waals surface area contributed by atoms with E-state index >= 15 is 0 Å². The Hall–Kier alpha value is -1.62. The lowest BCUT2D eigenvalue weighted by Crippen LogP contribution is -2.30. The number of hydrogen-bond acceptors (Lipinski definition) is 5. The molecule has 1 aliphatic rings. The fraction of sp³-hybridized carbons (Fsp3) is 0.571. The molecule has 0 amide bonds. The first kappa shape index (κ1) is 13.8. The minimum atomic E-state index is -0.438. The van der Waals surface area contributed by atoms with Gasteiger partial charge >= 0.3 is 5.97 Å². The van der Waals surface area contributed by atoms with E-state index in [1.807, 2.05) is 13.0 Å². The third-order valence-electron chi connectivity index (χ3n) is 3.44. The second-order valence-electron chi connectivity index (χ2n) is 4.91. The number of aryl methyl sites for hydroxylation is 1. The third kappa shape index (κ3) is 3.44. The van der Waals surface area contributed by atoms with Crippen LogP contribution in [0.25, 0.3) is 0 Å². The van der Waals surface area contributed by atoms with Crippen molar-refractivity contribution >= 4 is 5.97 Å². The molecule has 0 aliphatic carbocycles. The lowest BCUT2D eigenvalue weighted by Gasteiger charge is -2.19. The number of aromatic nitrogens is 1. The van der Waals surface area contributed by atoms with Crippen molar-refractivity contribution in [2.24, 2.45) is 0 Å². The average molecular weight is 264 g/mol. The van der Waals surface area contributed by atoms with Crippen LogP contribution in [0.2, 0.25) is 0 Å². The van der Waals surface area contributed by atoms with Gasteiger partial charge in [0.05, 0.1) is 7.11 Å². The van der Waals surface area contributed by atoms with Crippen molar-refractivity contribution in [3.8, 4) is 5.75 Å². The van der Waals surface area contributed by atoms with Crippen LogP contribution in [-0.4, -0.2) is 49.2 Å². The van der Waals surface area contributed by atoms with Gasteiger partial charge in [0.1, 0.15) is 12.4 Å². The van der Waals surface area contributed by atoms with Crippen LogP contribution in [0.4, 0.5) is 0 Å². The number of carbonyl (C=O) groups is 1. The third-order valence-corrected chi connectivity index (χ3v) is 3.44. The summed E-state index contributed by atoms with van der Waals surface area (Å²) >= 11 is 0. The normalized spacial score (nSPS) is 19.4. The number of esters is 1. The molecule has 1 aliphatic heterocycles. The Bertz CT molecular complexity index is 462. The van der Waals surface area contributed by atoms with E-state index in [-0.39, 0.29) is 5.69 Å². The van der Waals surface area contributed by atoms with E-state index in [1.165, 1.54) is 13.5 Å². The van der Waals surface area contributed by atoms with Crippen molar-refractivity contribution in [3.05, 3.63) is 23.5 Å². The summed E-state index contributed by atoms with van der Waals surface area (Å²) < 4.78 is 10.5. The number of hydrogen-bond donors (Lipinski definition) is 0. The van der Waals surface area contributed by atoms with E-state index in [1.54, 1.807) is 6.07 Å². The van der Waals surface area contributed by atoms with Crippen LogP contribution in [0.1, 0.15) is 29.0 Å². The number of pyridine rings is 1. The molecule has 0 bridgehead atoms. The van der Waals surface area contributed by atoms with Crippen molar-refractivity contribution < 1.29 is 14.3 Å². The summed E-state index contributed by atoms with van der Waals surface area (Å²) in [6.45, 7) is 3.60. The van der Waals surface area contributed by atoms with Gasteiger partial charge in [0, 0.05) is 23.9 Å². The quantitative estimate of drug-likeness (QED) is 0.774. The predicted molar refractivity (Wildman–Crippen MR) is 71.5 cm³/mol. The maximum Gasteiger partial charge on any atom is 0.356 e. The molecule has 0 saturated carbocycles. The second kappa shape index (κ2) is 6.02. The number of carbonyl (C=O) groups excluding carboxylic acids is 1. The van der Waals surface area contributed by atoms with Crippen LogP contribution in [0.5, 0.6) is 5.75 Å². The Kier molecular flexibility index (Phi) is 4.37. The number of likely N-dealkylation sites (N-methyl/N-ethyl adjacent to an activating group) is 1. The van der Waals surface area contributed by atoms with Crippen LogP contribution in [0.3, 0.4) is 0 Å². The molecule has 1 aromatic heterocycles. The summed E-state index contributed by atoms with van der Waals surface area (Å²) in [4.78, 5) is 17.9. The summed E-state index contributed by atoms with van der Waals surface area (Å²) in [7, 11) is 3.46. The van der Waals surface area contributed by atoms with Gasteiger partial charge in [-0.2, -0.15) is 0 Å². The number of rotatable bonds is 4. The molecule has 2 rings (SSSR count). The van der Waals surface area contributed by atoms with Crippen LogP contribution < -0.4 is 4.74 Å². The van der Waals surface area contributed by atoms with E-state index in [0.29, 0.717) is 18.4 Å². The van der Waals surface area contributed by atoms with Crippen molar-refractivity contribution in [1.82, 2.24) is 9.88 Å². The summed E-state index contributed by atoms with van der Waals surface area (Å²) in [5.41, 5.74) is 1.04. The first-order valence-electron chi connectivity index (χ1n) is 6.50. The number of ether oxygens (including phenoxy) is 2. The minimum Gasteiger partial charge on any atom is -0.492 e. The van der Waals surface area contributed by atoms with Gasteiger partial charge in [-0.1, -0.05) is 0 Å². The molecule has 0 aromatic carbocycles. The van der Waals surface area contributed by atoms with Crippen molar-refractivity contribution in [3.63, 3.8) is 0 Å². The summed E-state index contributed by atoms with van der Waals surface area (Å²) in [5, 5.41) is 0. The molecule has 0 radical (unpaired) electrons. The number of methoxy groups -OCH3 is 1. The largest absolute Gasteiger partial charge is 0.492 e. The molecule has 5 nitrogen and oxygen atoms in total. The van der Waals surface area contributed by atoms with Gasteiger partial charge in [0.25, 0.3) is 0 Å². The van der Waals surface area contributed by atoms with Gasteiger partial charge in [0.2, 0.25) is 0 Å². The van der Waals surface area contributed by atoms with Gasteiger partial charge in [-0.15, -0.1) is 0 Å². The first-order valence-corrected chi connectivity index (χ1v) is 6.50. The Morgan fingerprint density at radius 3 is 2.95 bits per heavy atom. The average Bonchev–Trinajstić information content (AvgIpc) is 2.80. The molecule has 1 fully saturated rings. The fourth-order valence-corrected chi connectivity index (χ4v) is 2.31. The van der Waals surface area contributed by atoms with Crippen LogP contribution in [0, 0.1) is 6.92 Å². The minimum absolute atomic E-state index is 0.289. The summed E-state index contributed by atoms with van der Waals surface area (Å²) in [6, 6.07) is 3.92. The van der Waals surface area contributed by atoms with Crippen LogP contribution in [0.15, 0.2) is 12.1 Å². The SMILES string of the molecule is COC(=O)c1cc(OCC2CCCN2C)cc(C)n1. The van der Waals surface area contributed by atoms with Gasteiger partial charge in [-0.05, 0) is 33.4 Å². The molecule has 0 N–H and O–H groups in total. The second-order valence-corrected chi connectivity index (χ2v) is 4.91. The molecule has 1 saturated heterocycles. The molecule has 1 unspecified atom stereocenters. The zero-order valence-corrected chi connectivity index (χ0v) is 11.7. The van der Waals surface area contributed by atoms with Crippen molar-refractivity contribution in [1.29, 1.82) is 0 Å². The molecule has 2 heterocycles. The van der Waals surface area contributed by atoms with Gasteiger partial charge in [-0.25, -0.2) is 9.78 Å². The Morgan fingerprint density at radius 1 is 1.53 bits per heavy atom. The maximum absolute atomic E-state index is 11.5. The van der Waals surface area contributed by atoms with E-state index in [9.17, 15) is 4.79 Å². The highest BCUT2D eigenvalue weighted by molar-refractivity contribution is 5.87. The van der Waals surface area contributed by atoms with E-state index < -0.39 is 5.97 Å². The summed E-state index contributed by atoms with van der Waals surface area (Å²) in [6.07, 6.45) is 2.37. The molecular formula is C14H20N2O3. The van der Waals surface area contributed by atoms with Gasteiger partial charge < -0.3 is 14.4 Å². The Labute approximate surface area is 113 Å². The zero-order chi connectivity index (χ0) is 13.8. The maximum atomic E-state index is 11.5. The molecule has 5 heteroatoms. The highest BCUT2D eigenvalue weighted by Crippen LogP contribution is 2.19. The van der Waals surface area contributed by atoms with Gasteiger partial charge in [0.15, 0.2) is 5.69 Å². The molecule has 1 atom stereocenters. The van der Waals surface area contributed by atoms with Crippen molar-refractivity contribution in [2.45, 2.75) is 25.8 Å². The topological polar surface area (TPSA) is 51.7 Å². The molecular weight excluding hydrogens is 244 g/mol. The van der Waals surface area contributed by atoms with E-state index in [4.69, 9.17) is 4.74 Å². The highest BCUT2D eigenvalue weighted by atomic mass is 16.5. The molecule has 1 aromatic rings. The smallest absolute Gasteiger partial charge is 0.356 e. The summed E-state index contributed by atoms with van der Waals surface area (Å²) in [5.74, 6) is 0.236. The van der Waals surface area contributed by atoms with Crippen LogP contribution >= 0.6 is 0 Å². The predicted octanol–water partition coefficient (Wildman–Crippen LogP) is 1.65. The fourth-order valence-electron chi connectivity index (χ4n) is 2.31. The lowest BCUT2D eigenvalue weighted by atomic mass is 10.2. The number of nitrogens with zero attached hydrogens (tertiary/aromatic N) is 2. The van der Waals surface area contributed by atoms with E-state index in [2.05, 4.69) is 21.7 Å². The molecule has 19 heavy (non-hydrogen) atoms. The Morgan fingerprint density at radius 2 is 2.32 bits per heavy atom. The molecule has 104 valence electrons. The first-order chi connectivity index (χ1) is 9.10. The lowest BCUT2D eigenvalue weighted by molar-refractivity contribution is 0.0593. The van der Waals surface area contributed by atoms with Crippen LogP contribution in [-0.2, 0) is 4.74 Å². The Balaban J connectivity index is 2.03. The number of likely N-dealkylation sites (tertiary alicyclic amines) is 1.